The first kappa shape index (κ1) is 39.9. The highest BCUT2D eigenvalue weighted by molar-refractivity contribution is 6.48. The highest BCUT2D eigenvalue weighted by Crippen LogP contribution is 2.65. The van der Waals surface area contributed by atoms with Crippen LogP contribution >= 0.6 is 0 Å². The maximum absolute atomic E-state index is 14.6. The third-order valence-corrected chi connectivity index (χ3v) is 13.2. The average Bonchev–Trinajstić information content (AvgIpc) is 3.84. The number of carbonyl (C=O) groups is 4. The molecular formula is C41H61BN4O9. The Morgan fingerprint density at radius 3 is 2.35 bits per heavy atom. The molecule has 2 bridgehead atoms. The van der Waals surface area contributed by atoms with E-state index in [9.17, 15) is 19.2 Å². The van der Waals surface area contributed by atoms with Crippen LogP contribution in [0.4, 0.5) is 9.59 Å². The van der Waals surface area contributed by atoms with E-state index in [1.54, 1.807) is 25.7 Å². The van der Waals surface area contributed by atoms with Gasteiger partial charge in [0.1, 0.15) is 23.8 Å². The minimum Gasteiger partial charge on any atom is -0.444 e. The van der Waals surface area contributed by atoms with Gasteiger partial charge in [-0.05, 0) is 81.8 Å². The molecule has 55 heavy (non-hydrogen) atoms. The first-order chi connectivity index (χ1) is 26.1. The van der Waals surface area contributed by atoms with E-state index in [2.05, 4.69) is 31.4 Å². The second kappa shape index (κ2) is 15.9. The molecule has 0 spiro atoms. The molecule has 8 rings (SSSR count). The van der Waals surface area contributed by atoms with Crippen LogP contribution in [0.5, 0.6) is 0 Å². The van der Waals surface area contributed by atoms with Crippen LogP contribution in [-0.4, -0.2) is 102 Å². The van der Waals surface area contributed by atoms with Crippen LogP contribution in [-0.2, 0) is 46.2 Å². The Labute approximate surface area is 326 Å². The van der Waals surface area contributed by atoms with Gasteiger partial charge in [0.25, 0.3) is 0 Å². The molecule has 6 fully saturated rings. The van der Waals surface area contributed by atoms with E-state index in [4.69, 9.17) is 23.5 Å². The maximum atomic E-state index is 14.6. The highest BCUT2D eigenvalue weighted by Gasteiger charge is 2.68. The van der Waals surface area contributed by atoms with Gasteiger partial charge in [-0.1, -0.05) is 70.2 Å². The monoisotopic (exact) mass is 764 g/mol. The number of benzene rings is 1. The predicted molar refractivity (Wildman–Crippen MR) is 204 cm³/mol. The van der Waals surface area contributed by atoms with E-state index in [0.29, 0.717) is 38.0 Å². The van der Waals surface area contributed by atoms with Gasteiger partial charge >= 0.3 is 19.3 Å². The molecule has 1 aromatic rings. The van der Waals surface area contributed by atoms with Crippen LogP contribution in [0.1, 0.15) is 117 Å². The van der Waals surface area contributed by atoms with Crippen molar-refractivity contribution in [2.75, 3.05) is 19.8 Å². The zero-order valence-electron chi connectivity index (χ0n) is 33.6. The van der Waals surface area contributed by atoms with Gasteiger partial charge in [-0.25, -0.2) is 9.59 Å². The molecular weight excluding hydrogens is 703 g/mol. The molecule has 4 aliphatic heterocycles. The van der Waals surface area contributed by atoms with Crippen molar-refractivity contribution in [2.45, 2.75) is 160 Å². The number of alkyl carbamates (subject to hydrolysis) is 1. The lowest BCUT2D eigenvalue weighted by Gasteiger charge is -2.64. The molecule has 3 aliphatic carbocycles. The van der Waals surface area contributed by atoms with Crippen LogP contribution in [0.2, 0.25) is 0 Å². The third-order valence-electron chi connectivity index (χ3n) is 13.2. The fraction of sp³-hybridized carbons (Fsp3) is 0.756. The van der Waals surface area contributed by atoms with Crippen LogP contribution in [0.3, 0.4) is 0 Å². The molecule has 7 aliphatic rings. The van der Waals surface area contributed by atoms with Gasteiger partial charge in [-0.2, -0.15) is 0 Å². The molecule has 4 unspecified atom stereocenters. The molecule has 1 aromatic carbocycles. The summed E-state index contributed by atoms with van der Waals surface area (Å²) in [5.74, 6) is -0.353. The fourth-order valence-electron chi connectivity index (χ4n) is 9.98. The molecule has 3 saturated heterocycles. The minimum atomic E-state index is -1.13. The Morgan fingerprint density at radius 1 is 0.964 bits per heavy atom. The highest BCUT2D eigenvalue weighted by atomic mass is 16.7. The maximum Gasteiger partial charge on any atom is 0.481 e. The molecule has 3 saturated carbocycles. The van der Waals surface area contributed by atoms with Gasteiger partial charge < -0.3 is 39.1 Å². The van der Waals surface area contributed by atoms with E-state index in [0.717, 1.165) is 62.5 Å². The predicted octanol–water partition coefficient (Wildman–Crippen LogP) is 5.51. The van der Waals surface area contributed by atoms with Crippen LogP contribution in [0.15, 0.2) is 24.3 Å². The van der Waals surface area contributed by atoms with Crippen LogP contribution in [0.25, 0.3) is 0 Å². The van der Waals surface area contributed by atoms with Gasteiger partial charge in [0.2, 0.25) is 11.8 Å². The van der Waals surface area contributed by atoms with Crippen molar-refractivity contribution in [2.24, 2.45) is 17.3 Å². The summed E-state index contributed by atoms with van der Waals surface area (Å²) in [4.78, 5) is 58.7. The summed E-state index contributed by atoms with van der Waals surface area (Å²) in [6, 6.07) is 5.78. The van der Waals surface area contributed by atoms with Gasteiger partial charge in [-0.3, -0.25) is 14.5 Å². The molecule has 0 radical (unpaired) electrons. The zero-order chi connectivity index (χ0) is 39.1. The second-order valence-electron chi connectivity index (χ2n) is 18.5. The lowest BCUT2D eigenvalue weighted by atomic mass is 9.43. The average molecular weight is 765 g/mol. The Morgan fingerprint density at radius 2 is 1.65 bits per heavy atom. The van der Waals surface area contributed by atoms with E-state index in [1.165, 1.54) is 4.90 Å². The summed E-state index contributed by atoms with van der Waals surface area (Å²) in [7, 11) is -0.623. The van der Waals surface area contributed by atoms with E-state index in [1.807, 2.05) is 24.3 Å². The van der Waals surface area contributed by atoms with Gasteiger partial charge in [0, 0.05) is 26.1 Å². The van der Waals surface area contributed by atoms with Crippen molar-refractivity contribution in [3.05, 3.63) is 35.4 Å². The molecule has 2 N–H and O–H groups in total. The van der Waals surface area contributed by atoms with Crippen molar-refractivity contribution < 1.29 is 42.7 Å². The number of rotatable bonds is 3. The SMILES string of the molecule is CC(C)(C)OC(=O)N[C@H]1COCCCCCCCC[C@H](B2OC3CC4CC(C4(C)C)C3(C)O2)NC(=O)[C@@H]2C[C@@H](OC(=O)N3Cc4ccccc4C3)CN2C1=O. The number of ether oxygens (including phenoxy) is 3. The lowest BCUT2D eigenvalue weighted by Crippen LogP contribution is -2.65. The largest absolute Gasteiger partial charge is 0.481 e. The smallest absolute Gasteiger partial charge is 0.444 e. The molecule has 14 heteroatoms. The molecule has 4 amide bonds. The van der Waals surface area contributed by atoms with Crippen LogP contribution in [0, 0.1) is 17.3 Å². The number of hydrogen-bond acceptors (Lipinski definition) is 9. The second-order valence-corrected chi connectivity index (χ2v) is 18.5. The van der Waals surface area contributed by atoms with Crippen molar-refractivity contribution in [3.63, 3.8) is 0 Å². The standard InChI is InChI=1S/C41H61BN4O9/c1-39(2,3)53-37(49)43-30-25-51-18-14-10-8-7-9-11-17-34(42-54-33-20-28-19-32(40(28,4)5)41(33,6)55-42)44-35(47)31-21-29(24-46(31)36(30)48)52-38(50)45-22-26-15-12-13-16-27(26)23-45/h12-13,15-16,28-34H,7-11,14,17-25H2,1-6H3,(H,43,49)(H,44,47)/t28?,29-,30+,31+,32?,33?,34-,41?/m1/s1. The first-order valence-electron chi connectivity index (χ1n) is 20.7. The van der Waals surface area contributed by atoms with Crippen molar-refractivity contribution in [1.29, 1.82) is 0 Å². The Balaban J connectivity index is 1.12. The van der Waals surface area contributed by atoms with E-state index < -0.39 is 60.5 Å². The summed E-state index contributed by atoms with van der Waals surface area (Å²) in [6.45, 7) is 13.2. The third kappa shape index (κ3) is 8.51. The summed E-state index contributed by atoms with van der Waals surface area (Å²) >= 11 is 0. The Bertz CT molecular complexity index is 1580. The molecule has 8 atom stereocenters. The van der Waals surface area contributed by atoms with Gasteiger partial charge in [-0.15, -0.1) is 0 Å². The van der Waals surface area contributed by atoms with Crippen molar-refractivity contribution in [3.8, 4) is 0 Å². The number of fused-ring (bicyclic) bond motifs is 2. The summed E-state index contributed by atoms with van der Waals surface area (Å²) in [5, 5.41) is 5.98. The number of hydrogen-bond donors (Lipinski definition) is 2. The normalized spacial score (nSPS) is 34.1. The van der Waals surface area contributed by atoms with E-state index >= 15 is 0 Å². The summed E-state index contributed by atoms with van der Waals surface area (Å²) in [6.07, 6.45) is 6.56. The zero-order valence-corrected chi connectivity index (χ0v) is 33.6. The Hall–Kier alpha value is -3.36. The number of amides is 4. The molecule has 302 valence electrons. The van der Waals surface area contributed by atoms with Gasteiger partial charge in [0.15, 0.2) is 0 Å². The Kier molecular flexibility index (Phi) is 11.5. The molecule has 13 nitrogen and oxygen atoms in total. The number of nitrogens with zero attached hydrogens (tertiary/aromatic N) is 2. The van der Waals surface area contributed by atoms with Crippen molar-refractivity contribution in [1.82, 2.24) is 20.4 Å². The fourth-order valence-corrected chi connectivity index (χ4v) is 9.98. The topological polar surface area (TPSA) is 145 Å². The summed E-state index contributed by atoms with van der Waals surface area (Å²) in [5.41, 5.74) is 1.07. The number of carbonyl (C=O) groups excluding carboxylic acids is 4. The molecule has 0 aromatic heterocycles. The van der Waals surface area contributed by atoms with Gasteiger partial charge in [0.05, 0.1) is 30.8 Å². The number of nitrogens with one attached hydrogen (secondary N) is 2. The first-order valence-corrected chi connectivity index (χ1v) is 20.7. The summed E-state index contributed by atoms with van der Waals surface area (Å²) < 4.78 is 31.1. The lowest BCUT2D eigenvalue weighted by molar-refractivity contribution is -0.199. The quantitative estimate of drug-likeness (QED) is 0.381. The molecule has 4 heterocycles. The van der Waals surface area contributed by atoms with Crippen LogP contribution < -0.4 is 10.6 Å². The van der Waals surface area contributed by atoms with Crippen molar-refractivity contribution >= 4 is 31.1 Å². The van der Waals surface area contributed by atoms with E-state index in [-0.39, 0.29) is 37.0 Å². The minimum absolute atomic E-state index is 0.0185.